The molecule has 0 bridgehead atoms. The van der Waals surface area contributed by atoms with Crippen LogP contribution in [0.1, 0.15) is 367 Å². The highest BCUT2D eigenvalue weighted by molar-refractivity contribution is 7.45. The van der Waals surface area contributed by atoms with Crippen molar-refractivity contribution < 1.29 is 37.3 Å². The lowest BCUT2D eigenvalue weighted by Crippen LogP contribution is -2.47. The number of nitrogens with zero attached hydrogens (tertiary/aromatic N) is 1. The number of nitrogens with one attached hydrogen (secondary N) is 1. The molecule has 0 aliphatic heterocycles. The lowest BCUT2D eigenvalue weighted by atomic mass is 10.0. The number of quaternary nitrogens is 1. The predicted molar refractivity (Wildman–Crippen MR) is 340 cm³/mol. The normalized spacial score (nSPS) is 13.6. The molecule has 79 heavy (non-hydrogen) atoms. The van der Waals surface area contributed by atoms with Crippen molar-refractivity contribution in [1.82, 2.24) is 5.32 Å². The molecule has 0 fully saturated rings. The maximum absolute atomic E-state index is 13.6. The van der Waals surface area contributed by atoms with E-state index in [9.17, 15) is 19.0 Å². The molecule has 1 N–H and O–H groups in total. The van der Waals surface area contributed by atoms with Gasteiger partial charge in [0.15, 0.2) is 0 Å². The lowest BCUT2D eigenvalue weighted by Gasteiger charge is -2.30. The molecule has 0 radical (unpaired) electrons. The Hall–Kier alpha value is -1.25. The van der Waals surface area contributed by atoms with Gasteiger partial charge in [0.25, 0.3) is 7.82 Å². The summed E-state index contributed by atoms with van der Waals surface area (Å²) in [6.07, 6.45) is 70.6. The Morgan fingerprint density at radius 2 is 0.722 bits per heavy atom. The molecule has 0 heterocycles. The van der Waals surface area contributed by atoms with Crippen LogP contribution in [0.2, 0.25) is 0 Å². The van der Waals surface area contributed by atoms with Gasteiger partial charge in [-0.15, -0.1) is 0 Å². The zero-order chi connectivity index (χ0) is 57.9. The minimum Gasteiger partial charge on any atom is -0.756 e. The number of unbranched alkanes of at least 4 members (excludes halogenated alkanes) is 49. The molecule has 0 aliphatic rings. The second-order valence-electron chi connectivity index (χ2n) is 25.4. The number of phosphoric acid groups is 1. The maximum atomic E-state index is 13.6. The fourth-order valence-corrected chi connectivity index (χ4v) is 11.5. The minimum atomic E-state index is -4.69. The van der Waals surface area contributed by atoms with E-state index in [2.05, 4.69) is 26.1 Å². The molecule has 0 aromatic rings. The number of esters is 1. The topological polar surface area (TPSA) is 114 Å². The number of hydrogen-bond donors (Lipinski definition) is 1. The molecule has 1 amide bonds. The number of carbonyl (C=O) groups is 2. The molecule has 470 valence electrons. The Balaban J connectivity index is 4.90. The highest BCUT2D eigenvalue weighted by atomic mass is 31.2. The van der Waals surface area contributed by atoms with Gasteiger partial charge in [0.05, 0.1) is 33.8 Å². The summed E-state index contributed by atoms with van der Waals surface area (Å²) in [5.74, 6) is -0.516. The van der Waals surface area contributed by atoms with Crippen LogP contribution in [0.4, 0.5) is 0 Å². The molecule has 3 atom stereocenters. The second-order valence-corrected chi connectivity index (χ2v) is 26.8. The van der Waals surface area contributed by atoms with Crippen molar-refractivity contribution in [3.05, 3.63) is 12.2 Å². The standard InChI is InChI=1S/C69H137N2O7P/c1-7-10-13-16-19-22-25-27-29-30-31-32-33-34-35-36-37-38-39-40-42-43-46-49-52-55-58-61-68(72)70-66(65-77-79(74,75)76-64-63-71(4,5)6)67(60-57-54-51-48-45-24-21-18-15-12-9-3)78-69(73)62-59-56-53-50-47-44-41-28-26-23-20-17-14-11-8-2/h57,60,66-67H,7-56,58-59,61-65H2,1-6H3,(H-,70,72,74,75)/b60-57-. The van der Waals surface area contributed by atoms with Crippen molar-refractivity contribution in [3.63, 3.8) is 0 Å². The molecule has 0 saturated carbocycles. The minimum absolute atomic E-state index is 0.0166. The van der Waals surface area contributed by atoms with Crippen LogP contribution >= 0.6 is 7.82 Å². The largest absolute Gasteiger partial charge is 0.756 e. The number of ether oxygens (including phenoxy) is 1. The molecule has 0 rings (SSSR count). The zero-order valence-corrected chi connectivity index (χ0v) is 54.8. The van der Waals surface area contributed by atoms with Crippen LogP contribution in [0.15, 0.2) is 12.2 Å². The van der Waals surface area contributed by atoms with E-state index >= 15 is 0 Å². The highest BCUT2D eigenvalue weighted by Crippen LogP contribution is 2.38. The molecule has 9 nitrogen and oxygen atoms in total. The van der Waals surface area contributed by atoms with Crippen LogP contribution in [0.5, 0.6) is 0 Å². The summed E-state index contributed by atoms with van der Waals surface area (Å²) in [7, 11) is 1.21. The van der Waals surface area contributed by atoms with Gasteiger partial charge in [-0.1, -0.05) is 335 Å². The molecule has 0 aromatic heterocycles. The first kappa shape index (κ1) is 77.8. The first-order valence-electron chi connectivity index (χ1n) is 35.0. The maximum Gasteiger partial charge on any atom is 0.306 e. The van der Waals surface area contributed by atoms with E-state index < -0.39 is 20.0 Å². The molecule has 0 aliphatic carbocycles. The SMILES string of the molecule is CCCCCCCCCCC/C=C\C(OC(=O)CCCCCCCCCCCCCCCCC)C(COP(=O)([O-])OCC[N+](C)(C)C)NC(=O)CCCCCCCCCCCCCCCCCCCCCCCCCCCCC. The fourth-order valence-electron chi connectivity index (χ4n) is 10.8. The fraction of sp³-hybridized carbons (Fsp3) is 0.942. The second kappa shape index (κ2) is 59.9. The van der Waals surface area contributed by atoms with Gasteiger partial charge in [-0.3, -0.25) is 14.2 Å². The van der Waals surface area contributed by atoms with E-state index in [1.807, 2.05) is 33.3 Å². The van der Waals surface area contributed by atoms with E-state index in [0.29, 0.717) is 17.4 Å². The van der Waals surface area contributed by atoms with E-state index in [1.165, 1.54) is 276 Å². The van der Waals surface area contributed by atoms with Gasteiger partial charge in [-0.05, 0) is 31.8 Å². The monoisotopic (exact) mass is 1140 g/mol. The molecule has 0 aromatic carbocycles. The number of rotatable bonds is 65. The lowest BCUT2D eigenvalue weighted by molar-refractivity contribution is -0.870. The van der Waals surface area contributed by atoms with Crippen molar-refractivity contribution in [3.8, 4) is 0 Å². The number of phosphoric ester groups is 1. The van der Waals surface area contributed by atoms with Crippen molar-refractivity contribution in [2.75, 3.05) is 40.9 Å². The first-order chi connectivity index (χ1) is 38.4. The van der Waals surface area contributed by atoms with Crippen LogP contribution in [0, 0.1) is 0 Å². The van der Waals surface area contributed by atoms with Gasteiger partial charge in [0.1, 0.15) is 19.3 Å². The Morgan fingerprint density at radius 3 is 1.04 bits per heavy atom. The third-order valence-electron chi connectivity index (χ3n) is 16.2. The van der Waals surface area contributed by atoms with Gasteiger partial charge in [-0.2, -0.15) is 0 Å². The molecule has 10 heteroatoms. The van der Waals surface area contributed by atoms with Gasteiger partial charge in [0, 0.05) is 12.8 Å². The number of amides is 1. The highest BCUT2D eigenvalue weighted by Gasteiger charge is 2.27. The van der Waals surface area contributed by atoms with Crippen molar-refractivity contribution in [1.29, 1.82) is 0 Å². The van der Waals surface area contributed by atoms with Crippen LogP contribution in [0.25, 0.3) is 0 Å². The summed E-state index contributed by atoms with van der Waals surface area (Å²) < 4.78 is 30.4. The van der Waals surface area contributed by atoms with Gasteiger partial charge in [-0.25, -0.2) is 0 Å². The van der Waals surface area contributed by atoms with Gasteiger partial charge in [0.2, 0.25) is 5.91 Å². The van der Waals surface area contributed by atoms with E-state index in [4.69, 9.17) is 13.8 Å². The molecule has 0 spiro atoms. The predicted octanol–water partition coefficient (Wildman–Crippen LogP) is 21.3. The van der Waals surface area contributed by atoms with Gasteiger partial charge < -0.3 is 28.5 Å². The van der Waals surface area contributed by atoms with Crippen LogP contribution in [-0.2, 0) is 27.9 Å². The van der Waals surface area contributed by atoms with Gasteiger partial charge >= 0.3 is 5.97 Å². The summed E-state index contributed by atoms with van der Waals surface area (Å²) in [6, 6.07) is -0.880. The summed E-state index contributed by atoms with van der Waals surface area (Å²) >= 11 is 0. The number of carbonyl (C=O) groups excluding carboxylic acids is 2. The third kappa shape index (κ3) is 61.1. The molecular weight excluding hydrogens is 1000 g/mol. The van der Waals surface area contributed by atoms with E-state index in [0.717, 1.165) is 57.8 Å². The van der Waals surface area contributed by atoms with Crippen molar-refractivity contribution >= 4 is 19.7 Å². The van der Waals surface area contributed by atoms with Crippen LogP contribution < -0.4 is 10.2 Å². The molecule has 3 unspecified atom stereocenters. The van der Waals surface area contributed by atoms with E-state index in [1.54, 1.807) is 0 Å². The number of likely N-dealkylation sites (N-methyl/N-ethyl adjacent to an activating group) is 1. The average Bonchev–Trinajstić information content (AvgIpc) is 3.41. The van der Waals surface area contributed by atoms with Crippen LogP contribution in [0.3, 0.4) is 0 Å². The quantitative estimate of drug-likeness (QED) is 0.0212. The Bertz CT molecular complexity index is 1360. The first-order valence-corrected chi connectivity index (χ1v) is 36.5. The average molecular weight is 1140 g/mol. The summed E-state index contributed by atoms with van der Waals surface area (Å²) in [5, 5.41) is 3.05. The number of allylic oxidation sites excluding steroid dienone is 1. The zero-order valence-electron chi connectivity index (χ0n) is 53.9. The third-order valence-corrected chi connectivity index (χ3v) is 17.2. The molecule has 0 saturated heterocycles. The van der Waals surface area contributed by atoms with Crippen molar-refractivity contribution in [2.45, 2.75) is 380 Å². The summed E-state index contributed by atoms with van der Waals surface area (Å²) in [5.41, 5.74) is 0. The summed E-state index contributed by atoms with van der Waals surface area (Å²) in [6.45, 7) is 6.91. The summed E-state index contributed by atoms with van der Waals surface area (Å²) in [4.78, 5) is 40.1. The Labute approximate surface area is 492 Å². The number of hydrogen-bond acceptors (Lipinski definition) is 7. The van der Waals surface area contributed by atoms with E-state index in [-0.39, 0.29) is 31.5 Å². The Kier molecular flexibility index (Phi) is 58.9. The smallest absolute Gasteiger partial charge is 0.306 e. The van der Waals surface area contributed by atoms with Crippen LogP contribution in [-0.4, -0.2) is 69.4 Å². The molecular formula is C69H137N2O7P. The van der Waals surface area contributed by atoms with Crippen molar-refractivity contribution in [2.24, 2.45) is 0 Å². The Morgan fingerprint density at radius 1 is 0.430 bits per heavy atom.